The number of aromatic nitrogens is 1. The molecule has 0 unspecified atom stereocenters. The van der Waals surface area contributed by atoms with Gasteiger partial charge < -0.3 is 11.1 Å². The summed E-state index contributed by atoms with van der Waals surface area (Å²) in [6, 6.07) is 1.96. The first kappa shape index (κ1) is 10.9. The second-order valence-corrected chi connectivity index (χ2v) is 3.61. The van der Waals surface area contributed by atoms with E-state index in [0.717, 1.165) is 29.2 Å². The van der Waals surface area contributed by atoms with Crippen molar-refractivity contribution >= 4 is 22.9 Å². The first-order valence-corrected chi connectivity index (χ1v) is 4.99. The Hall–Kier alpha value is -1.16. The summed E-state index contributed by atoms with van der Waals surface area (Å²) in [4.78, 5) is 4.72. The highest BCUT2D eigenvalue weighted by molar-refractivity contribution is 7.80. The van der Waals surface area contributed by atoms with Crippen molar-refractivity contribution in [2.24, 2.45) is 5.73 Å². The largest absolute Gasteiger partial charge is 0.389 e. The maximum atomic E-state index is 5.65. The minimum absolute atomic E-state index is 0.394. The maximum absolute atomic E-state index is 5.65. The van der Waals surface area contributed by atoms with Crippen molar-refractivity contribution in [3.8, 4) is 0 Å². The number of hydrogen-bond acceptors (Lipinski definition) is 3. The molecule has 0 fully saturated rings. The highest BCUT2D eigenvalue weighted by atomic mass is 32.1. The van der Waals surface area contributed by atoms with E-state index in [1.54, 1.807) is 0 Å². The molecule has 1 heterocycles. The molecule has 0 aromatic carbocycles. The third-order valence-corrected chi connectivity index (χ3v) is 2.15. The highest BCUT2D eigenvalue weighted by Gasteiger charge is 2.09. The van der Waals surface area contributed by atoms with Gasteiger partial charge in [0.25, 0.3) is 0 Å². The molecule has 0 atom stereocenters. The quantitative estimate of drug-likeness (QED) is 0.745. The molecule has 14 heavy (non-hydrogen) atoms. The van der Waals surface area contributed by atoms with Gasteiger partial charge in [0.05, 0.1) is 5.56 Å². The van der Waals surface area contributed by atoms with E-state index < -0.39 is 0 Å². The molecule has 3 N–H and O–H groups in total. The predicted molar refractivity (Wildman–Crippen MR) is 63.8 cm³/mol. The monoisotopic (exact) mass is 209 g/mol. The summed E-state index contributed by atoms with van der Waals surface area (Å²) in [5.41, 5.74) is 9.33. The van der Waals surface area contributed by atoms with Gasteiger partial charge in [0, 0.05) is 23.6 Å². The van der Waals surface area contributed by atoms with Crippen LogP contribution in [0.2, 0.25) is 0 Å². The smallest absolute Gasteiger partial charge is 0.107 e. The van der Waals surface area contributed by atoms with Crippen LogP contribution >= 0.6 is 12.2 Å². The van der Waals surface area contributed by atoms with Crippen molar-refractivity contribution in [3.63, 3.8) is 0 Å². The average molecular weight is 209 g/mol. The van der Waals surface area contributed by atoms with Crippen molar-refractivity contribution < 1.29 is 0 Å². The number of nitrogens with zero attached hydrogens (tertiary/aromatic N) is 1. The molecule has 4 heteroatoms. The van der Waals surface area contributed by atoms with Gasteiger partial charge in [-0.2, -0.15) is 0 Å². The average Bonchev–Trinajstić information content (AvgIpc) is 2.01. The van der Waals surface area contributed by atoms with E-state index in [1.807, 2.05) is 26.8 Å². The molecule has 0 spiro atoms. The van der Waals surface area contributed by atoms with Crippen LogP contribution in [0.15, 0.2) is 6.07 Å². The Morgan fingerprint density at radius 3 is 2.71 bits per heavy atom. The molecule has 0 saturated carbocycles. The van der Waals surface area contributed by atoms with E-state index in [0.29, 0.717) is 4.99 Å². The summed E-state index contributed by atoms with van der Waals surface area (Å²) in [5.74, 6) is 0. The van der Waals surface area contributed by atoms with Gasteiger partial charge in [-0.3, -0.25) is 4.98 Å². The molecule has 1 rings (SSSR count). The zero-order chi connectivity index (χ0) is 10.7. The van der Waals surface area contributed by atoms with Crippen LogP contribution in [-0.4, -0.2) is 16.5 Å². The Bertz CT molecular complexity index is 361. The van der Waals surface area contributed by atoms with Crippen LogP contribution in [0.25, 0.3) is 0 Å². The summed E-state index contributed by atoms with van der Waals surface area (Å²) in [6.07, 6.45) is 0. The van der Waals surface area contributed by atoms with Crippen LogP contribution < -0.4 is 11.1 Å². The van der Waals surface area contributed by atoms with E-state index in [1.165, 1.54) is 0 Å². The third-order valence-electron chi connectivity index (χ3n) is 1.94. The van der Waals surface area contributed by atoms with Crippen molar-refractivity contribution in [1.82, 2.24) is 4.98 Å². The van der Waals surface area contributed by atoms with Crippen LogP contribution in [0, 0.1) is 13.8 Å². The molecule has 0 aliphatic carbocycles. The van der Waals surface area contributed by atoms with Crippen LogP contribution in [-0.2, 0) is 0 Å². The Labute approximate surface area is 89.7 Å². The van der Waals surface area contributed by atoms with Gasteiger partial charge in [-0.1, -0.05) is 12.2 Å². The third kappa shape index (κ3) is 2.20. The number of pyridine rings is 1. The van der Waals surface area contributed by atoms with E-state index in [-0.39, 0.29) is 0 Å². The van der Waals surface area contributed by atoms with Crippen molar-refractivity contribution in [3.05, 3.63) is 23.0 Å². The molecule has 0 bridgehead atoms. The van der Waals surface area contributed by atoms with E-state index in [4.69, 9.17) is 18.0 Å². The Kier molecular flexibility index (Phi) is 3.41. The SMILES string of the molecule is CCNc1cc(C)nc(C)c1C(N)=S. The molecule has 0 radical (unpaired) electrons. The summed E-state index contributed by atoms with van der Waals surface area (Å²) < 4.78 is 0. The minimum Gasteiger partial charge on any atom is -0.389 e. The lowest BCUT2D eigenvalue weighted by Crippen LogP contribution is -2.16. The zero-order valence-corrected chi connectivity index (χ0v) is 9.53. The van der Waals surface area contributed by atoms with E-state index >= 15 is 0 Å². The molecule has 0 aliphatic rings. The fourth-order valence-electron chi connectivity index (χ4n) is 1.47. The normalized spacial score (nSPS) is 9.93. The Balaban J connectivity index is 3.28. The van der Waals surface area contributed by atoms with Gasteiger partial charge in [-0.25, -0.2) is 0 Å². The molecule has 0 amide bonds. The van der Waals surface area contributed by atoms with Crippen LogP contribution in [0.5, 0.6) is 0 Å². The number of thiocarbonyl (C=S) groups is 1. The fraction of sp³-hybridized carbons (Fsp3) is 0.400. The predicted octanol–water partition coefficient (Wildman–Crippen LogP) is 1.76. The second-order valence-electron chi connectivity index (χ2n) is 3.17. The lowest BCUT2D eigenvalue weighted by molar-refractivity contribution is 1.10. The fourth-order valence-corrected chi connectivity index (χ4v) is 1.73. The standard InChI is InChI=1S/C10H15N3S/c1-4-12-8-5-6(2)13-7(3)9(8)10(11)14/h5H,4H2,1-3H3,(H2,11,14)(H,12,13). The van der Waals surface area contributed by atoms with Crippen LogP contribution in [0.1, 0.15) is 23.9 Å². The molecule has 0 aliphatic heterocycles. The van der Waals surface area contributed by atoms with Crippen molar-refractivity contribution in [2.45, 2.75) is 20.8 Å². The number of rotatable bonds is 3. The molecular weight excluding hydrogens is 194 g/mol. The number of anilines is 1. The number of aryl methyl sites for hydroxylation is 2. The second kappa shape index (κ2) is 4.37. The Morgan fingerprint density at radius 2 is 2.21 bits per heavy atom. The first-order chi connectivity index (χ1) is 6.56. The molecule has 0 saturated heterocycles. The molecule has 1 aromatic heterocycles. The van der Waals surface area contributed by atoms with Gasteiger partial charge in [-0.15, -0.1) is 0 Å². The summed E-state index contributed by atoms with van der Waals surface area (Å²) in [5, 5.41) is 3.23. The zero-order valence-electron chi connectivity index (χ0n) is 8.72. The molecule has 1 aromatic rings. The number of nitrogens with one attached hydrogen (secondary N) is 1. The lowest BCUT2D eigenvalue weighted by Gasteiger charge is -2.12. The van der Waals surface area contributed by atoms with E-state index in [2.05, 4.69) is 10.3 Å². The van der Waals surface area contributed by atoms with Gasteiger partial charge in [0.1, 0.15) is 4.99 Å². The van der Waals surface area contributed by atoms with Crippen LogP contribution in [0.3, 0.4) is 0 Å². The molecule has 3 nitrogen and oxygen atoms in total. The topological polar surface area (TPSA) is 50.9 Å². The van der Waals surface area contributed by atoms with Crippen molar-refractivity contribution in [1.29, 1.82) is 0 Å². The van der Waals surface area contributed by atoms with Gasteiger partial charge >= 0.3 is 0 Å². The van der Waals surface area contributed by atoms with Crippen LogP contribution in [0.4, 0.5) is 5.69 Å². The minimum atomic E-state index is 0.394. The molecular formula is C10H15N3S. The van der Waals surface area contributed by atoms with Gasteiger partial charge in [0.2, 0.25) is 0 Å². The molecule has 76 valence electrons. The maximum Gasteiger partial charge on any atom is 0.107 e. The van der Waals surface area contributed by atoms with Gasteiger partial charge in [0.15, 0.2) is 0 Å². The lowest BCUT2D eigenvalue weighted by atomic mass is 10.1. The number of hydrogen-bond donors (Lipinski definition) is 2. The van der Waals surface area contributed by atoms with Gasteiger partial charge in [-0.05, 0) is 26.8 Å². The summed E-state index contributed by atoms with van der Waals surface area (Å²) in [7, 11) is 0. The highest BCUT2D eigenvalue weighted by Crippen LogP contribution is 2.19. The summed E-state index contributed by atoms with van der Waals surface area (Å²) >= 11 is 4.99. The van der Waals surface area contributed by atoms with E-state index in [9.17, 15) is 0 Å². The number of nitrogens with two attached hydrogens (primary N) is 1. The summed E-state index contributed by atoms with van der Waals surface area (Å²) in [6.45, 7) is 6.76. The first-order valence-electron chi connectivity index (χ1n) is 4.58. The Morgan fingerprint density at radius 1 is 1.57 bits per heavy atom. The van der Waals surface area contributed by atoms with Crippen molar-refractivity contribution in [2.75, 3.05) is 11.9 Å².